The Morgan fingerprint density at radius 1 is 0.750 bits per heavy atom. The molecule has 0 aromatic carbocycles. The van der Waals surface area contributed by atoms with Crippen molar-refractivity contribution >= 4 is 47.5 Å². The zero-order valence-corrected chi connectivity index (χ0v) is 34.8. The van der Waals surface area contributed by atoms with Crippen LogP contribution < -0.4 is 11.1 Å². The minimum Gasteiger partial charge on any atom is -0.467 e. The topological polar surface area (TPSA) is 271 Å². The molecular weight excluding hydrogens is 798 g/mol. The number of esters is 4. The van der Waals surface area contributed by atoms with E-state index in [-0.39, 0.29) is 59.1 Å². The van der Waals surface area contributed by atoms with Crippen molar-refractivity contribution in [1.82, 2.24) is 20.0 Å². The maximum atomic E-state index is 13.6. The molecule has 1 aliphatic rings. The Hall–Kier alpha value is -5.42. The van der Waals surface area contributed by atoms with E-state index < -0.39 is 91.4 Å². The van der Waals surface area contributed by atoms with Gasteiger partial charge in [-0.3, -0.25) is 38.4 Å². The maximum absolute atomic E-state index is 13.6. The molecule has 1 aromatic rings. The van der Waals surface area contributed by atoms with E-state index in [1.807, 2.05) is 0 Å². The molecule has 3 N–H and O–H groups in total. The van der Waals surface area contributed by atoms with Gasteiger partial charge in [0.15, 0.2) is 24.6 Å². The molecule has 336 valence electrons. The Bertz CT molecular complexity index is 1590. The number of nitrogens with zero attached hydrogens (tertiary/aromatic N) is 3. The largest absolute Gasteiger partial charge is 0.467 e. The molecule has 0 saturated carbocycles. The van der Waals surface area contributed by atoms with Crippen molar-refractivity contribution in [1.29, 1.82) is 0 Å². The monoisotopic (exact) mass is 855 g/mol. The Labute approximate surface area is 347 Å². The van der Waals surface area contributed by atoms with Crippen LogP contribution in [-0.2, 0) is 82.8 Å². The van der Waals surface area contributed by atoms with Crippen molar-refractivity contribution in [3.8, 4) is 0 Å². The fraction of sp³-hybridized carbons (Fsp3) is 0.632. The molecule has 1 aromatic heterocycles. The van der Waals surface area contributed by atoms with E-state index in [9.17, 15) is 38.4 Å². The summed E-state index contributed by atoms with van der Waals surface area (Å²) < 4.78 is 48.5. The second-order valence-corrected chi connectivity index (χ2v) is 13.2. The molecule has 22 nitrogen and oxygen atoms in total. The molecule has 2 rings (SSSR count). The van der Waals surface area contributed by atoms with Crippen LogP contribution in [0, 0.1) is 0 Å². The summed E-state index contributed by atoms with van der Waals surface area (Å²) in [6.07, 6.45) is -1.37. The van der Waals surface area contributed by atoms with Crippen molar-refractivity contribution in [2.75, 3.05) is 86.5 Å². The average Bonchev–Trinajstić information content (AvgIpc) is 3.69. The number of ether oxygens (including phenoxy) is 8. The summed E-state index contributed by atoms with van der Waals surface area (Å²) in [5.74, 6) is -4.83. The van der Waals surface area contributed by atoms with Gasteiger partial charge in [0.05, 0.1) is 52.3 Å². The number of hydrogen-bond acceptors (Lipinski definition) is 18. The first kappa shape index (κ1) is 50.7. The average molecular weight is 856 g/mol. The number of carbonyl (C=O) groups excluding carboxylic acids is 8. The van der Waals surface area contributed by atoms with Crippen molar-refractivity contribution in [2.24, 2.45) is 5.73 Å². The predicted molar refractivity (Wildman–Crippen MR) is 205 cm³/mol. The van der Waals surface area contributed by atoms with E-state index in [2.05, 4.69) is 5.32 Å². The van der Waals surface area contributed by atoms with Gasteiger partial charge in [0.1, 0.15) is 25.0 Å². The van der Waals surface area contributed by atoms with Crippen molar-refractivity contribution in [3.05, 3.63) is 36.3 Å². The molecule has 60 heavy (non-hydrogen) atoms. The molecule has 5 atom stereocenters. The number of nitrogens with one attached hydrogen (secondary N) is 1. The zero-order chi connectivity index (χ0) is 44.6. The molecule has 1 aliphatic heterocycles. The fourth-order valence-electron chi connectivity index (χ4n) is 5.68. The SMILES string of the molecule is COCCN(CC(N)=O)C(=O)CN(Cc1ccco1)C(=O)CN(CCOC)C(=O)CNCC/C=C/COC1O[C@H](COC(C)=O)[C@@H](OC(C)=O)[C@H](OC(C)=O)[C@@H]1OC(C)=O. The van der Waals surface area contributed by atoms with Gasteiger partial charge in [0, 0.05) is 55.0 Å². The van der Waals surface area contributed by atoms with Crippen LogP contribution in [0.4, 0.5) is 0 Å². The molecule has 1 saturated heterocycles. The number of hydrogen-bond donors (Lipinski definition) is 2. The summed E-state index contributed by atoms with van der Waals surface area (Å²) in [6, 6.07) is 3.26. The van der Waals surface area contributed by atoms with E-state index in [1.165, 1.54) is 35.2 Å². The number of nitrogens with two attached hydrogens (primary N) is 1. The summed E-state index contributed by atoms with van der Waals surface area (Å²) in [6.45, 7) is 3.33. The molecule has 0 bridgehead atoms. The maximum Gasteiger partial charge on any atom is 0.303 e. The zero-order valence-electron chi connectivity index (χ0n) is 34.8. The number of primary amides is 1. The van der Waals surface area contributed by atoms with E-state index in [4.69, 9.17) is 48.0 Å². The summed E-state index contributed by atoms with van der Waals surface area (Å²) in [5.41, 5.74) is 5.33. The van der Waals surface area contributed by atoms with Crippen LogP contribution in [-0.4, -0.2) is 179 Å². The quantitative estimate of drug-likeness (QED) is 0.0449. The van der Waals surface area contributed by atoms with Crippen LogP contribution >= 0.6 is 0 Å². The number of amides is 4. The van der Waals surface area contributed by atoms with Gasteiger partial charge in [-0.15, -0.1) is 0 Å². The van der Waals surface area contributed by atoms with Gasteiger partial charge >= 0.3 is 23.9 Å². The van der Waals surface area contributed by atoms with Crippen LogP contribution in [0.5, 0.6) is 0 Å². The third-order valence-electron chi connectivity index (χ3n) is 8.35. The Balaban J connectivity index is 2.04. The summed E-state index contributed by atoms with van der Waals surface area (Å²) in [4.78, 5) is 103. The molecular formula is C38H57N5O17. The smallest absolute Gasteiger partial charge is 0.303 e. The Morgan fingerprint density at radius 2 is 1.33 bits per heavy atom. The molecule has 1 fully saturated rings. The molecule has 4 amide bonds. The first-order valence-corrected chi connectivity index (χ1v) is 19.0. The second-order valence-electron chi connectivity index (χ2n) is 13.2. The van der Waals surface area contributed by atoms with Crippen molar-refractivity contribution in [3.63, 3.8) is 0 Å². The molecule has 1 unspecified atom stereocenters. The van der Waals surface area contributed by atoms with Crippen molar-refractivity contribution in [2.45, 2.75) is 71.4 Å². The lowest BCUT2D eigenvalue weighted by molar-refractivity contribution is -0.305. The molecule has 0 aliphatic carbocycles. The third-order valence-corrected chi connectivity index (χ3v) is 8.35. The third kappa shape index (κ3) is 19.1. The first-order chi connectivity index (χ1) is 28.6. The second kappa shape index (κ2) is 27.4. The lowest BCUT2D eigenvalue weighted by atomic mass is 9.98. The highest BCUT2D eigenvalue weighted by Gasteiger charge is 2.52. The van der Waals surface area contributed by atoms with Crippen LogP contribution in [0.1, 0.15) is 39.9 Å². The highest BCUT2D eigenvalue weighted by molar-refractivity contribution is 5.90. The Kier molecular flexibility index (Phi) is 23.1. The standard InChI is InChI=1S/C38H57N5O17/c1-25(44)56-24-30-35(57-26(2)45)36(58-27(3)46)37(59-28(4)47)38(60-30)55-15-9-7-8-12-40-19-32(49)42(14-18-53-6)22-34(51)43(20-29-11-10-16-54-29)23-33(50)41(13-17-52-5)21-31(39)48/h7,9-11,16,30,35-38,40H,8,12-15,17-24H2,1-6H3,(H2,39,48)/b9-7+/t30-,35-,36+,37+,38?/m1/s1. The minimum absolute atomic E-state index is 0.0653. The molecule has 0 spiro atoms. The van der Waals surface area contributed by atoms with E-state index >= 15 is 0 Å². The lowest BCUT2D eigenvalue weighted by Gasteiger charge is -2.43. The summed E-state index contributed by atoms with van der Waals surface area (Å²) in [7, 11) is 2.89. The van der Waals surface area contributed by atoms with Crippen LogP contribution in [0.2, 0.25) is 0 Å². The van der Waals surface area contributed by atoms with Gasteiger partial charge in [0.25, 0.3) is 0 Å². The molecule has 22 heteroatoms. The van der Waals surface area contributed by atoms with E-state index in [0.717, 1.165) is 27.7 Å². The van der Waals surface area contributed by atoms with Gasteiger partial charge in [-0.25, -0.2) is 0 Å². The lowest BCUT2D eigenvalue weighted by Crippen LogP contribution is -2.62. The highest BCUT2D eigenvalue weighted by atomic mass is 16.7. The van der Waals surface area contributed by atoms with Gasteiger partial charge in [-0.05, 0) is 25.1 Å². The number of methoxy groups -OCH3 is 2. The predicted octanol–water partition coefficient (Wildman–Crippen LogP) is -1.32. The molecule has 0 radical (unpaired) electrons. The van der Waals surface area contributed by atoms with Crippen molar-refractivity contribution < 1.29 is 80.7 Å². The van der Waals surface area contributed by atoms with Gasteiger partial charge in [0.2, 0.25) is 23.6 Å². The molecule has 2 heterocycles. The van der Waals surface area contributed by atoms with Gasteiger partial charge in [-0.2, -0.15) is 0 Å². The highest BCUT2D eigenvalue weighted by Crippen LogP contribution is 2.30. The number of furan rings is 1. The normalized spacial score (nSPS) is 18.6. The van der Waals surface area contributed by atoms with Crippen LogP contribution in [0.25, 0.3) is 0 Å². The van der Waals surface area contributed by atoms with Crippen LogP contribution in [0.15, 0.2) is 35.0 Å². The van der Waals surface area contributed by atoms with E-state index in [0.29, 0.717) is 18.7 Å². The summed E-state index contributed by atoms with van der Waals surface area (Å²) in [5, 5.41) is 3.01. The van der Waals surface area contributed by atoms with Gasteiger partial charge < -0.3 is 68.1 Å². The summed E-state index contributed by atoms with van der Waals surface area (Å²) >= 11 is 0. The van der Waals surface area contributed by atoms with Gasteiger partial charge in [-0.1, -0.05) is 12.2 Å². The fourth-order valence-corrected chi connectivity index (χ4v) is 5.68. The minimum atomic E-state index is -1.37. The van der Waals surface area contributed by atoms with Crippen LogP contribution in [0.3, 0.4) is 0 Å². The first-order valence-electron chi connectivity index (χ1n) is 19.0. The van der Waals surface area contributed by atoms with E-state index in [1.54, 1.807) is 24.3 Å². The number of carbonyl (C=O) groups is 8. The Morgan fingerprint density at radius 3 is 1.90 bits per heavy atom. The number of rotatable bonds is 27.